The van der Waals surface area contributed by atoms with E-state index < -0.39 is 0 Å². The zero-order chi connectivity index (χ0) is 18.1. The van der Waals surface area contributed by atoms with Crippen LogP contribution in [-0.4, -0.2) is 53.7 Å². The average Bonchev–Trinajstić information content (AvgIpc) is 3.26. The lowest BCUT2D eigenvalue weighted by atomic mass is 9.73. The molecule has 5 nitrogen and oxygen atoms in total. The van der Waals surface area contributed by atoms with E-state index in [-0.39, 0.29) is 11.5 Å². The normalized spacial score (nSPS) is 32.8. The van der Waals surface area contributed by atoms with E-state index in [1.54, 1.807) is 0 Å². The Labute approximate surface area is 156 Å². The summed E-state index contributed by atoms with van der Waals surface area (Å²) >= 11 is 0. The molecular weight excluding hydrogens is 326 g/mol. The first-order valence-corrected chi connectivity index (χ1v) is 10.2. The van der Waals surface area contributed by atoms with E-state index in [0.717, 1.165) is 51.1 Å². The molecule has 0 unspecified atom stereocenters. The van der Waals surface area contributed by atoms with Gasteiger partial charge in [-0.25, -0.2) is 0 Å². The van der Waals surface area contributed by atoms with Crippen LogP contribution in [-0.2, 0) is 16.0 Å². The van der Waals surface area contributed by atoms with Crippen LogP contribution >= 0.6 is 0 Å². The second kappa shape index (κ2) is 7.28. The molecule has 1 N–H and O–H groups in total. The summed E-state index contributed by atoms with van der Waals surface area (Å²) in [6, 6.07) is 6.26. The van der Waals surface area contributed by atoms with Crippen molar-refractivity contribution in [3.05, 3.63) is 29.6 Å². The maximum Gasteiger partial charge on any atom is 0.219 e. The second-order valence-corrected chi connectivity index (χ2v) is 8.34. The Balaban J connectivity index is 1.35. The van der Waals surface area contributed by atoms with Crippen molar-refractivity contribution < 1.29 is 9.53 Å². The number of likely N-dealkylation sites (tertiary alicyclic amines) is 1. The molecule has 4 heterocycles. The highest BCUT2D eigenvalue weighted by Gasteiger charge is 2.62. The number of nitrogens with zero attached hydrogens (tertiary/aromatic N) is 2. The van der Waals surface area contributed by atoms with Crippen molar-refractivity contribution in [2.75, 3.05) is 26.2 Å². The minimum Gasteiger partial charge on any atom is -0.370 e. The molecule has 1 aromatic rings. The zero-order valence-corrected chi connectivity index (χ0v) is 16.0. The third-order valence-electron chi connectivity index (χ3n) is 6.50. The molecule has 4 rings (SSSR count). The van der Waals surface area contributed by atoms with Crippen LogP contribution in [0.3, 0.4) is 0 Å². The number of ether oxygens (including phenoxy) is 1. The fraction of sp³-hybridized carbons (Fsp3) is 0.714. The summed E-state index contributed by atoms with van der Waals surface area (Å²) in [4.78, 5) is 19.1. The standard InChI is InChI=1S/C21H31N3O2/c1-3-5-20(25)22-12-17-18-13-24(14-21(18)10-8-19(17)26-21)11-9-16-7-4-6-15(2)23-16/h4,6-7,17-19H,3,5,8-14H2,1-2H3,(H,22,25)/t17-,18+,19+,21+/m0/s1. The summed E-state index contributed by atoms with van der Waals surface area (Å²) in [5.41, 5.74) is 2.31. The van der Waals surface area contributed by atoms with Crippen LogP contribution in [0.15, 0.2) is 18.2 Å². The highest BCUT2D eigenvalue weighted by Crippen LogP contribution is 2.54. The van der Waals surface area contributed by atoms with Crippen LogP contribution in [0.25, 0.3) is 0 Å². The number of aryl methyl sites for hydroxylation is 1. The highest BCUT2D eigenvalue weighted by atomic mass is 16.5. The fourth-order valence-corrected chi connectivity index (χ4v) is 5.29. The minimum atomic E-state index is 0.0465. The van der Waals surface area contributed by atoms with Gasteiger partial charge in [0.05, 0.1) is 11.7 Å². The van der Waals surface area contributed by atoms with E-state index in [0.29, 0.717) is 24.4 Å². The Hall–Kier alpha value is -1.46. The molecule has 3 fully saturated rings. The summed E-state index contributed by atoms with van der Waals surface area (Å²) < 4.78 is 6.48. The van der Waals surface area contributed by atoms with Crippen molar-refractivity contribution in [2.45, 2.75) is 57.7 Å². The predicted octanol–water partition coefficient (Wildman–Crippen LogP) is 2.33. The Morgan fingerprint density at radius 2 is 2.35 bits per heavy atom. The van der Waals surface area contributed by atoms with Crippen molar-refractivity contribution in [3.63, 3.8) is 0 Å². The molecule has 26 heavy (non-hydrogen) atoms. The molecule has 0 radical (unpaired) electrons. The number of rotatable bonds is 7. The van der Waals surface area contributed by atoms with E-state index in [2.05, 4.69) is 27.3 Å². The third kappa shape index (κ3) is 3.39. The van der Waals surface area contributed by atoms with Gasteiger partial charge in [-0.2, -0.15) is 0 Å². The first kappa shape index (κ1) is 17.9. The lowest BCUT2D eigenvalue weighted by molar-refractivity contribution is -0.121. The molecule has 142 valence electrons. The number of pyridine rings is 1. The van der Waals surface area contributed by atoms with Crippen LogP contribution in [0, 0.1) is 18.8 Å². The van der Waals surface area contributed by atoms with Crippen LogP contribution in [0.4, 0.5) is 0 Å². The number of hydrogen-bond donors (Lipinski definition) is 1. The summed E-state index contributed by atoms with van der Waals surface area (Å²) in [5, 5.41) is 3.15. The van der Waals surface area contributed by atoms with E-state index in [9.17, 15) is 4.79 Å². The Morgan fingerprint density at radius 3 is 3.15 bits per heavy atom. The van der Waals surface area contributed by atoms with E-state index in [1.807, 2.05) is 19.9 Å². The van der Waals surface area contributed by atoms with Crippen LogP contribution in [0.1, 0.15) is 44.0 Å². The van der Waals surface area contributed by atoms with Gasteiger partial charge in [0.1, 0.15) is 0 Å². The Bertz CT molecular complexity index is 664. The van der Waals surface area contributed by atoms with Crippen LogP contribution < -0.4 is 5.32 Å². The van der Waals surface area contributed by atoms with Gasteiger partial charge in [-0.3, -0.25) is 14.7 Å². The molecule has 4 atom stereocenters. The Morgan fingerprint density at radius 1 is 1.46 bits per heavy atom. The molecule has 3 aliphatic heterocycles. The van der Waals surface area contributed by atoms with Crippen LogP contribution in [0.2, 0.25) is 0 Å². The summed E-state index contributed by atoms with van der Waals surface area (Å²) in [6.45, 7) is 8.05. The summed E-state index contributed by atoms with van der Waals surface area (Å²) in [5.74, 6) is 1.23. The maximum absolute atomic E-state index is 11.9. The molecule has 1 spiro atoms. The van der Waals surface area contributed by atoms with Gasteiger partial charge in [0.25, 0.3) is 0 Å². The molecule has 1 aromatic heterocycles. The monoisotopic (exact) mass is 357 g/mol. The van der Waals surface area contributed by atoms with E-state index >= 15 is 0 Å². The van der Waals surface area contributed by atoms with Gasteiger partial charge in [-0.1, -0.05) is 13.0 Å². The highest BCUT2D eigenvalue weighted by molar-refractivity contribution is 5.75. The SMILES string of the molecule is CCCC(=O)NC[C@H]1[C@H]2CN(CCc3cccc(C)n3)C[C@]23CC[C@H]1O3. The van der Waals surface area contributed by atoms with Gasteiger partial charge >= 0.3 is 0 Å². The first-order chi connectivity index (χ1) is 12.6. The Kier molecular flexibility index (Phi) is 5.02. The van der Waals surface area contributed by atoms with Gasteiger partial charge in [0, 0.05) is 62.2 Å². The van der Waals surface area contributed by atoms with Gasteiger partial charge in [0.15, 0.2) is 0 Å². The first-order valence-electron chi connectivity index (χ1n) is 10.2. The average molecular weight is 357 g/mol. The second-order valence-electron chi connectivity index (χ2n) is 8.34. The fourth-order valence-electron chi connectivity index (χ4n) is 5.29. The topological polar surface area (TPSA) is 54.5 Å². The van der Waals surface area contributed by atoms with Gasteiger partial charge in [0.2, 0.25) is 5.91 Å². The van der Waals surface area contributed by atoms with Crippen molar-refractivity contribution in [1.29, 1.82) is 0 Å². The molecule has 0 saturated carbocycles. The quantitative estimate of drug-likeness (QED) is 0.814. The number of amides is 1. The minimum absolute atomic E-state index is 0.0465. The molecule has 3 aliphatic rings. The third-order valence-corrected chi connectivity index (χ3v) is 6.50. The number of aromatic nitrogens is 1. The number of nitrogens with one attached hydrogen (secondary N) is 1. The molecule has 5 heteroatoms. The van der Waals surface area contributed by atoms with Crippen molar-refractivity contribution >= 4 is 5.91 Å². The maximum atomic E-state index is 11.9. The number of carbonyl (C=O) groups is 1. The van der Waals surface area contributed by atoms with Crippen LogP contribution in [0.5, 0.6) is 0 Å². The van der Waals surface area contributed by atoms with Crippen molar-refractivity contribution in [2.24, 2.45) is 11.8 Å². The van der Waals surface area contributed by atoms with E-state index in [4.69, 9.17) is 4.74 Å². The molecule has 0 aromatic carbocycles. The summed E-state index contributed by atoms with van der Waals surface area (Å²) in [6.07, 6.45) is 5.21. The van der Waals surface area contributed by atoms with Gasteiger partial charge in [-0.05, 0) is 38.3 Å². The molecular formula is C21H31N3O2. The van der Waals surface area contributed by atoms with E-state index in [1.165, 1.54) is 12.1 Å². The lowest BCUT2D eigenvalue weighted by Gasteiger charge is -2.29. The molecule has 0 aliphatic carbocycles. The molecule has 1 amide bonds. The van der Waals surface area contributed by atoms with Gasteiger partial charge in [-0.15, -0.1) is 0 Å². The number of carbonyl (C=O) groups excluding carboxylic acids is 1. The van der Waals surface area contributed by atoms with Crippen molar-refractivity contribution in [1.82, 2.24) is 15.2 Å². The largest absolute Gasteiger partial charge is 0.370 e. The predicted molar refractivity (Wildman–Crippen MR) is 101 cm³/mol. The molecule has 2 bridgehead atoms. The van der Waals surface area contributed by atoms with Gasteiger partial charge < -0.3 is 10.1 Å². The smallest absolute Gasteiger partial charge is 0.219 e. The number of hydrogen-bond acceptors (Lipinski definition) is 4. The molecule has 3 saturated heterocycles. The lowest BCUT2D eigenvalue weighted by Crippen LogP contribution is -2.41. The summed E-state index contributed by atoms with van der Waals surface area (Å²) in [7, 11) is 0. The number of fused-ring (bicyclic) bond motifs is 1. The zero-order valence-electron chi connectivity index (χ0n) is 16.0. The van der Waals surface area contributed by atoms with Crippen molar-refractivity contribution in [3.8, 4) is 0 Å².